The maximum atomic E-state index is 12.8. The number of hydrogen-bond acceptors (Lipinski definition) is 2. The summed E-state index contributed by atoms with van der Waals surface area (Å²) in [6.07, 6.45) is 2.10. The van der Waals surface area contributed by atoms with Crippen molar-refractivity contribution in [2.45, 2.75) is 32.4 Å². The zero-order valence-corrected chi connectivity index (χ0v) is 18.5. The first-order valence-electron chi connectivity index (χ1n) is 11.0. The number of quaternary nitrogens is 1. The van der Waals surface area contributed by atoms with Gasteiger partial charge in [-0.15, -0.1) is 0 Å². The van der Waals surface area contributed by atoms with E-state index >= 15 is 0 Å². The van der Waals surface area contributed by atoms with Gasteiger partial charge < -0.3 is 20.0 Å². The number of carbonyl (C=O) groups excluding carboxylic acids is 1. The van der Waals surface area contributed by atoms with Crippen LogP contribution in [-0.2, 0) is 6.54 Å². The average Bonchev–Trinajstić information content (AvgIpc) is 2.77. The molecule has 0 unspecified atom stereocenters. The number of halogens is 1. The van der Waals surface area contributed by atoms with Crippen molar-refractivity contribution in [1.29, 1.82) is 0 Å². The molecule has 0 radical (unpaired) electrons. The SMILES string of the molecule is Cc1ccc(Cl)cc1N1CCN(C(=O)NC2CC[NH+](Cc3ccccc3)CC2)CC1. The summed E-state index contributed by atoms with van der Waals surface area (Å²) in [6, 6.07) is 17.1. The number of piperidine rings is 1. The predicted octanol–water partition coefficient (Wildman–Crippen LogP) is 2.73. The number of benzene rings is 2. The zero-order valence-electron chi connectivity index (χ0n) is 17.7. The normalized spacial score (nSPS) is 22.1. The average molecular weight is 428 g/mol. The van der Waals surface area contributed by atoms with E-state index < -0.39 is 0 Å². The minimum Gasteiger partial charge on any atom is -0.368 e. The van der Waals surface area contributed by atoms with Crippen molar-refractivity contribution in [1.82, 2.24) is 10.2 Å². The van der Waals surface area contributed by atoms with E-state index in [0.29, 0.717) is 6.04 Å². The molecule has 160 valence electrons. The van der Waals surface area contributed by atoms with Crippen molar-refractivity contribution in [2.75, 3.05) is 44.2 Å². The van der Waals surface area contributed by atoms with Crippen LogP contribution in [0, 0.1) is 6.92 Å². The summed E-state index contributed by atoms with van der Waals surface area (Å²) >= 11 is 6.18. The Balaban J connectivity index is 1.21. The van der Waals surface area contributed by atoms with E-state index in [1.165, 1.54) is 16.8 Å². The third kappa shape index (κ3) is 5.27. The van der Waals surface area contributed by atoms with Crippen molar-refractivity contribution >= 4 is 23.3 Å². The van der Waals surface area contributed by atoms with Gasteiger partial charge in [-0.25, -0.2) is 4.79 Å². The van der Waals surface area contributed by atoms with Crippen LogP contribution in [0.25, 0.3) is 0 Å². The molecule has 2 amide bonds. The van der Waals surface area contributed by atoms with E-state index in [-0.39, 0.29) is 6.03 Å². The number of aryl methyl sites for hydroxylation is 1. The summed E-state index contributed by atoms with van der Waals surface area (Å²) in [7, 11) is 0. The van der Waals surface area contributed by atoms with E-state index in [4.69, 9.17) is 11.6 Å². The van der Waals surface area contributed by atoms with Gasteiger partial charge in [-0.1, -0.05) is 48.0 Å². The van der Waals surface area contributed by atoms with Gasteiger partial charge in [0.1, 0.15) is 6.54 Å². The first kappa shape index (κ1) is 21.0. The molecule has 2 saturated heterocycles. The van der Waals surface area contributed by atoms with Crippen LogP contribution in [0.15, 0.2) is 48.5 Å². The van der Waals surface area contributed by atoms with Crippen molar-refractivity contribution < 1.29 is 9.69 Å². The van der Waals surface area contributed by atoms with Gasteiger partial charge in [0, 0.05) is 61.3 Å². The molecule has 0 aromatic heterocycles. The number of carbonyl (C=O) groups is 1. The Hall–Kier alpha value is -2.24. The molecule has 0 spiro atoms. The van der Waals surface area contributed by atoms with Crippen LogP contribution in [0.4, 0.5) is 10.5 Å². The summed E-state index contributed by atoms with van der Waals surface area (Å²) in [5.41, 5.74) is 3.79. The zero-order chi connectivity index (χ0) is 20.9. The molecule has 5 nitrogen and oxygen atoms in total. The molecule has 2 aliphatic rings. The fraction of sp³-hybridized carbons (Fsp3) is 0.458. The Labute approximate surface area is 184 Å². The van der Waals surface area contributed by atoms with E-state index in [2.05, 4.69) is 53.5 Å². The van der Waals surface area contributed by atoms with Crippen molar-refractivity contribution in [3.63, 3.8) is 0 Å². The number of urea groups is 1. The highest BCUT2D eigenvalue weighted by Gasteiger charge is 2.27. The minimum atomic E-state index is 0.0916. The Morgan fingerprint density at radius 2 is 1.77 bits per heavy atom. The number of likely N-dealkylation sites (tertiary alicyclic amines) is 1. The van der Waals surface area contributed by atoms with E-state index in [0.717, 1.165) is 63.7 Å². The van der Waals surface area contributed by atoms with Gasteiger partial charge in [-0.05, 0) is 24.6 Å². The fourth-order valence-corrected chi connectivity index (χ4v) is 4.74. The van der Waals surface area contributed by atoms with E-state index in [9.17, 15) is 4.79 Å². The lowest BCUT2D eigenvalue weighted by atomic mass is 10.0. The van der Waals surface area contributed by atoms with Gasteiger partial charge in [0.2, 0.25) is 0 Å². The summed E-state index contributed by atoms with van der Waals surface area (Å²) in [6.45, 7) is 8.58. The molecule has 0 saturated carbocycles. The molecular weight excluding hydrogens is 396 g/mol. The third-order valence-corrected chi connectivity index (χ3v) is 6.63. The molecule has 2 fully saturated rings. The fourth-order valence-electron chi connectivity index (χ4n) is 4.57. The van der Waals surface area contributed by atoms with Gasteiger partial charge >= 0.3 is 6.03 Å². The van der Waals surface area contributed by atoms with Gasteiger partial charge in [0.25, 0.3) is 0 Å². The Morgan fingerprint density at radius 3 is 2.47 bits per heavy atom. The van der Waals surface area contributed by atoms with Crippen LogP contribution < -0.4 is 15.1 Å². The van der Waals surface area contributed by atoms with Crippen molar-refractivity contribution in [2.24, 2.45) is 0 Å². The largest absolute Gasteiger partial charge is 0.368 e. The van der Waals surface area contributed by atoms with Crippen molar-refractivity contribution in [3.8, 4) is 0 Å². The van der Waals surface area contributed by atoms with Gasteiger partial charge in [-0.3, -0.25) is 0 Å². The maximum Gasteiger partial charge on any atom is 0.317 e. The smallest absolute Gasteiger partial charge is 0.317 e. The van der Waals surface area contributed by atoms with Crippen molar-refractivity contribution in [3.05, 3.63) is 64.7 Å². The van der Waals surface area contributed by atoms with Crippen LogP contribution in [-0.4, -0.2) is 56.2 Å². The van der Waals surface area contributed by atoms with Crippen LogP contribution >= 0.6 is 11.6 Å². The van der Waals surface area contributed by atoms with Gasteiger partial charge in [-0.2, -0.15) is 0 Å². The van der Waals surface area contributed by atoms with Gasteiger partial charge in [0.15, 0.2) is 0 Å². The molecule has 2 N–H and O–H groups in total. The third-order valence-electron chi connectivity index (χ3n) is 6.40. The number of amides is 2. The molecule has 0 aliphatic carbocycles. The molecule has 6 heteroatoms. The van der Waals surface area contributed by atoms with Gasteiger partial charge in [0.05, 0.1) is 13.1 Å². The molecule has 4 rings (SSSR count). The first-order valence-corrected chi connectivity index (χ1v) is 11.4. The monoisotopic (exact) mass is 427 g/mol. The van der Waals surface area contributed by atoms with E-state index in [1.54, 1.807) is 4.90 Å². The van der Waals surface area contributed by atoms with Crippen LogP contribution in [0.5, 0.6) is 0 Å². The molecule has 2 aromatic rings. The molecule has 30 heavy (non-hydrogen) atoms. The lowest BCUT2D eigenvalue weighted by molar-refractivity contribution is -0.918. The first-order chi connectivity index (χ1) is 14.6. The Kier molecular flexibility index (Phi) is 6.80. The summed E-state index contributed by atoms with van der Waals surface area (Å²) in [5.74, 6) is 0. The number of hydrogen-bond donors (Lipinski definition) is 2. The summed E-state index contributed by atoms with van der Waals surface area (Å²) in [5, 5.41) is 4.04. The highest BCUT2D eigenvalue weighted by Crippen LogP contribution is 2.25. The summed E-state index contributed by atoms with van der Waals surface area (Å²) < 4.78 is 0. The second kappa shape index (κ2) is 9.71. The lowest BCUT2D eigenvalue weighted by Gasteiger charge is -2.38. The molecule has 0 bridgehead atoms. The highest BCUT2D eigenvalue weighted by molar-refractivity contribution is 6.30. The maximum absolute atomic E-state index is 12.8. The standard InChI is InChI=1S/C24H31ClN4O/c1-19-7-8-21(25)17-23(19)28-13-15-29(16-14-28)24(30)26-22-9-11-27(12-10-22)18-20-5-3-2-4-6-20/h2-8,17,22H,9-16,18H2,1H3,(H,26,30)/p+1. The molecular formula is C24H32ClN4O+. The molecule has 2 aliphatic heterocycles. The van der Waals surface area contributed by atoms with Crippen LogP contribution in [0.2, 0.25) is 5.02 Å². The number of anilines is 1. The van der Waals surface area contributed by atoms with Crippen LogP contribution in [0.1, 0.15) is 24.0 Å². The molecule has 0 atom stereocenters. The number of piperazine rings is 1. The molecule has 2 heterocycles. The quantitative estimate of drug-likeness (QED) is 0.787. The topological polar surface area (TPSA) is 40.0 Å². The lowest BCUT2D eigenvalue weighted by Crippen LogP contribution is -3.12. The Morgan fingerprint density at radius 1 is 1.07 bits per heavy atom. The van der Waals surface area contributed by atoms with E-state index in [1.807, 2.05) is 17.0 Å². The number of nitrogens with one attached hydrogen (secondary N) is 2. The Bertz CT molecular complexity index is 844. The second-order valence-corrected chi connectivity index (χ2v) is 8.98. The molecule has 2 aromatic carbocycles. The second-order valence-electron chi connectivity index (χ2n) is 8.54. The number of nitrogens with zero attached hydrogens (tertiary/aromatic N) is 2. The number of rotatable bonds is 4. The minimum absolute atomic E-state index is 0.0916. The van der Waals surface area contributed by atoms with Crippen LogP contribution in [0.3, 0.4) is 0 Å². The predicted molar refractivity (Wildman–Crippen MR) is 122 cm³/mol. The highest BCUT2D eigenvalue weighted by atomic mass is 35.5. The summed E-state index contributed by atoms with van der Waals surface area (Å²) in [4.78, 5) is 18.7.